The maximum atomic E-state index is 13.8. The second-order valence-corrected chi connectivity index (χ2v) is 19.6. The molecule has 2 rings (SSSR count). The topological polar surface area (TPSA) is 209 Å². The number of nitrogens with one attached hydrogen (secondary N) is 5. The van der Waals surface area contributed by atoms with Crippen LogP contribution in [0.2, 0.25) is 0 Å². The van der Waals surface area contributed by atoms with Crippen LogP contribution in [-0.4, -0.2) is 97.2 Å². The summed E-state index contributed by atoms with van der Waals surface area (Å²) in [6.07, 6.45) is 0.848. The van der Waals surface area contributed by atoms with Gasteiger partial charge < -0.3 is 36.4 Å². The minimum Gasteiger partial charge on any atom is -0.444 e. The Balaban J connectivity index is 2.17. The Kier molecular flexibility index (Phi) is 18.1. The van der Waals surface area contributed by atoms with Crippen LogP contribution in [0.15, 0.2) is 24.3 Å². The Morgan fingerprint density at radius 3 is 1.80 bits per heavy atom. The van der Waals surface area contributed by atoms with Crippen LogP contribution in [0.4, 0.5) is 4.79 Å². The van der Waals surface area contributed by atoms with Gasteiger partial charge in [-0.05, 0) is 88.2 Å². The highest BCUT2D eigenvalue weighted by Gasteiger charge is 2.34. The SMILES string of the molecule is CC(C)C[C@H](NC(=O)[C@H](C)C[C@H](O)[C@H](CC(C)C)NC(=O)[C@H](CCS(C)(=O)=O)NC(=O)[C@@H](NC(=O)OC(C)(C)C)C(C)C)C(=O)NC1Cc2ccccc2C1. The quantitative estimate of drug-likeness (QED) is 0.114. The van der Waals surface area contributed by atoms with Crippen molar-refractivity contribution in [1.29, 1.82) is 0 Å². The molecular formula is C40H67N5O9S. The highest BCUT2D eigenvalue weighted by molar-refractivity contribution is 7.90. The predicted molar refractivity (Wildman–Crippen MR) is 213 cm³/mol. The lowest BCUT2D eigenvalue weighted by atomic mass is 9.91. The Labute approximate surface area is 328 Å². The molecule has 1 aliphatic carbocycles. The molecule has 0 saturated heterocycles. The van der Waals surface area contributed by atoms with Crippen molar-refractivity contribution in [3.05, 3.63) is 35.4 Å². The normalized spacial score (nSPS) is 16.7. The molecule has 0 aromatic heterocycles. The smallest absolute Gasteiger partial charge is 0.408 e. The lowest BCUT2D eigenvalue weighted by Crippen LogP contribution is -2.58. The number of carbonyl (C=O) groups is 5. The number of benzene rings is 1. The van der Waals surface area contributed by atoms with Gasteiger partial charge in [0, 0.05) is 18.2 Å². The van der Waals surface area contributed by atoms with Crippen molar-refractivity contribution in [3.8, 4) is 0 Å². The van der Waals surface area contributed by atoms with E-state index in [2.05, 4.69) is 38.7 Å². The van der Waals surface area contributed by atoms with E-state index in [-0.39, 0.29) is 36.6 Å². The largest absolute Gasteiger partial charge is 0.444 e. The van der Waals surface area contributed by atoms with Crippen molar-refractivity contribution in [2.45, 2.75) is 150 Å². The number of carbonyl (C=O) groups excluding carboxylic acids is 5. The van der Waals surface area contributed by atoms with E-state index in [0.29, 0.717) is 12.8 Å². The van der Waals surface area contributed by atoms with Crippen LogP contribution >= 0.6 is 0 Å². The van der Waals surface area contributed by atoms with Crippen LogP contribution in [0.5, 0.6) is 0 Å². The molecule has 0 aliphatic heterocycles. The number of aliphatic hydroxyl groups is 1. The van der Waals surface area contributed by atoms with Crippen LogP contribution in [-0.2, 0) is 46.6 Å². The molecule has 0 saturated carbocycles. The summed E-state index contributed by atoms with van der Waals surface area (Å²) < 4.78 is 29.5. The van der Waals surface area contributed by atoms with Crippen LogP contribution in [0.1, 0.15) is 106 Å². The summed E-state index contributed by atoms with van der Waals surface area (Å²) in [4.78, 5) is 66.7. The zero-order valence-corrected chi connectivity index (χ0v) is 35.5. The number of hydrogen-bond donors (Lipinski definition) is 6. The number of fused-ring (bicyclic) bond motifs is 1. The fourth-order valence-electron chi connectivity index (χ4n) is 6.55. The van der Waals surface area contributed by atoms with E-state index >= 15 is 0 Å². The monoisotopic (exact) mass is 793 g/mol. The van der Waals surface area contributed by atoms with Gasteiger partial charge in [-0.25, -0.2) is 13.2 Å². The van der Waals surface area contributed by atoms with Crippen LogP contribution in [0, 0.1) is 23.7 Å². The molecular weight excluding hydrogens is 727 g/mol. The van der Waals surface area contributed by atoms with Crippen molar-refractivity contribution < 1.29 is 42.2 Å². The highest BCUT2D eigenvalue weighted by Crippen LogP contribution is 2.22. The second-order valence-electron chi connectivity index (χ2n) is 17.4. The zero-order valence-electron chi connectivity index (χ0n) is 34.7. The third-order valence-electron chi connectivity index (χ3n) is 9.33. The number of amides is 5. The maximum Gasteiger partial charge on any atom is 0.408 e. The predicted octanol–water partition coefficient (Wildman–Crippen LogP) is 3.19. The number of aliphatic hydroxyl groups excluding tert-OH is 1. The molecule has 0 spiro atoms. The van der Waals surface area contributed by atoms with E-state index in [1.165, 1.54) is 11.1 Å². The number of sulfone groups is 1. The molecule has 0 heterocycles. The lowest BCUT2D eigenvalue weighted by Gasteiger charge is -2.31. The standard InChI is InChI=1S/C40H67N5O9S/c1-23(2)18-31(43-36(48)30(16-17-55(11,52)53)42-38(50)34(25(5)6)45-39(51)54-40(8,9)10)33(46)20-26(7)35(47)44-32(19-24(3)4)37(49)41-29-21-27-14-12-13-15-28(27)22-29/h12-15,23-26,29-34,46H,16-22H2,1-11H3,(H,41,49)(H,42,50)(H,43,48)(H,44,47)(H,45,51)/t26-,30+,31+,32+,33+,34+/m1/s1. The molecule has 1 aromatic carbocycles. The molecule has 0 bridgehead atoms. The summed E-state index contributed by atoms with van der Waals surface area (Å²) in [5.41, 5.74) is 1.57. The van der Waals surface area contributed by atoms with Crippen molar-refractivity contribution in [3.63, 3.8) is 0 Å². The highest BCUT2D eigenvalue weighted by atomic mass is 32.2. The average molecular weight is 794 g/mol. The van der Waals surface area contributed by atoms with Gasteiger partial charge in [-0.3, -0.25) is 19.2 Å². The van der Waals surface area contributed by atoms with Crippen LogP contribution in [0.25, 0.3) is 0 Å². The van der Waals surface area contributed by atoms with Gasteiger partial charge in [0.15, 0.2) is 0 Å². The third kappa shape index (κ3) is 17.3. The summed E-state index contributed by atoms with van der Waals surface area (Å²) in [5, 5.41) is 25.4. The van der Waals surface area contributed by atoms with E-state index in [4.69, 9.17) is 4.74 Å². The molecule has 14 nitrogen and oxygen atoms in total. The molecule has 0 radical (unpaired) electrons. The molecule has 1 aromatic rings. The van der Waals surface area contributed by atoms with Crippen molar-refractivity contribution >= 4 is 39.6 Å². The summed E-state index contributed by atoms with van der Waals surface area (Å²) in [7, 11) is -3.54. The number of alkyl carbamates (subject to hydrolysis) is 1. The average Bonchev–Trinajstić information content (AvgIpc) is 3.45. The Hall–Kier alpha value is -3.72. The molecule has 5 amide bonds. The van der Waals surface area contributed by atoms with Crippen LogP contribution in [0.3, 0.4) is 0 Å². The molecule has 15 heteroatoms. The zero-order chi connectivity index (χ0) is 41.8. The second kappa shape index (κ2) is 21.0. The molecule has 312 valence electrons. The van der Waals surface area contributed by atoms with Gasteiger partial charge in [0.25, 0.3) is 0 Å². The summed E-state index contributed by atoms with van der Waals surface area (Å²) >= 11 is 0. The van der Waals surface area contributed by atoms with Gasteiger partial charge in [-0.2, -0.15) is 0 Å². The number of rotatable bonds is 20. The number of ether oxygens (including phenoxy) is 1. The lowest BCUT2D eigenvalue weighted by molar-refractivity contribution is -0.132. The first kappa shape index (κ1) is 47.4. The Bertz CT molecular complexity index is 1550. The van der Waals surface area contributed by atoms with Gasteiger partial charge in [-0.1, -0.05) is 72.7 Å². The molecule has 6 N–H and O–H groups in total. The summed E-state index contributed by atoms with van der Waals surface area (Å²) in [6.45, 7) is 17.8. The van der Waals surface area contributed by atoms with Gasteiger partial charge in [0.1, 0.15) is 33.6 Å². The third-order valence-corrected chi connectivity index (χ3v) is 10.3. The fraction of sp³-hybridized carbons (Fsp3) is 0.725. The first-order valence-corrected chi connectivity index (χ1v) is 21.5. The van der Waals surface area contributed by atoms with E-state index < -0.39 is 87.1 Å². The van der Waals surface area contributed by atoms with Gasteiger partial charge >= 0.3 is 6.09 Å². The molecule has 0 fully saturated rings. The minimum absolute atomic E-state index is 0.00247. The Morgan fingerprint density at radius 1 is 0.764 bits per heavy atom. The molecule has 1 aliphatic rings. The van der Waals surface area contributed by atoms with E-state index in [9.17, 15) is 37.5 Å². The maximum absolute atomic E-state index is 13.8. The molecule has 0 unspecified atom stereocenters. The van der Waals surface area contributed by atoms with E-state index in [1.807, 2.05) is 39.8 Å². The molecule has 55 heavy (non-hydrogen) atoms. The van der Waals surface area contributed by atoms with Crippen molar-refractivity contribution in [2.75, 3.05) is 12.0 Å². The number of hydrogen-bond acceptors (Lipinski definition) is 9. The van der Waals surface area contributed by atoms with Gasteiger partial charge in [0.2, 0.25) is 23.6 Å². The van der Waals surface area contributed by atoms with E-state index in [0.717, 1.165) is 19.1 Å². The van der Waals surface area contributed by atoms with Gasteiger partial charge in [0.05, 0.1) is 17.9 Å². The van der Waals surface area contributed by atoms with Crippen LogP contribution < -0.4 is 26.6 Å². The first-order chi connectivity index (χ1) is 25.3. The first-order valence-electron chi connectivity index (χ1n) is 19.5. The van der Waals surface area contributed by atoms with Crippen molar-refractivity contribution in [2.24, 2.45) is 23.7 Å². The van der Waals surface area contributed by atoms with Gasteiger partial charge in [-0.15, -0.1) is 0 Å². The minimum atomic E-state index is -3.54. The molecule has 6 atom stereocenters. The van der Waals surface area contributed by atoms with E-state index in [1.54, 1.807) is 41.5 Å². The van der Waals surface area contributed by atoms with Crippen molar-refractivity contribution in [1.82, 2.24) is 26.6 Å². The summed E-state index contributed by atoms with van der Waals surface area (Å²) in [6, 6.07) is 3.92. The fourth-order valence-corrected chi connectivity index (χ4v) is 7.21. The summed E-state index contributed by atoms with van der Waals surface area (Å²) in [5.74, 6) is -3.57. The Morgan fingerprint density at radius 2 is 1.31 bits per heavy atom.